The third-order valence-corrected chi connectivity index (χ3v) is 4.59. The predicted molar refractivity (Wildman–Crippen MR) is 87.2 cm³/mol. The molecule has 2 rings (SSSR count). The van der Waals surface area contributed by atoms with E-state index in [4.69, 9.17) is 9.47 Å². The van der Waals surface area contributed by atoms with Crippen LogP contribution in [0.3, 0.4) is 0 Å². The van der Waals surface area contributed by atoms with Crippen molar-refractivity contribution < 1.29 is 23.9 Å². The second-order valence-electron chi connectivity index (χ2n) is 8.08. The lowest BCUT2D eigenvalue weighted by atomic mass is 9.78. The largest absolute Gasteiger partial charge is 0.467 e. The average Bonchev–Trinajstić information content (AvgIpc) is 2.73. The fourth-order valence-corrected chi connectivity index (χ4v) is 3.43. The highest BCUT2D eigenvalue weighted by Crippen LogP contribution is 2.42. The molecule has 2 amide bonds. The molecule has 2 saturated heterocycles. The van der Waals surface area contributed by atoms with Gasteiger partial charge in [0, 0.05) is 19.6 Å². The van der Waals surface area contributed by atoms with E-state index < -0.39 is 29.1 Å². The molecular formula is C17H28N2O5. The molecule has 0 aromatic rings. The van der Waals surface area contributed by atoms with Crippen molar-refractivity contribution in [2.75, 3.05) is 26.7 Å². The van der Waals surface area contributed by atoms with E-state index in [1.807, 2.05) is 34.6 Å². The monoisotopic (exact) mass is 340 g/mol. The molecule has 0 radical (unpaired) electrons. The highest BCUT2D eigenvalue weighted by Gasteiger charge is 2.58. The minimum Gasteiger partial charge on any atom is -0.467 e. The number of methoxy groups -OCH3 is 1. The molecule has 0 bridgehead atoms. The molecule has 24 heavy (non-hydrogen) atoms. The average molecular weight is 340 g/mol. The minimum atomic E-state index is -0.572. The number of likely N-dealkylation sites (tertiary alicyclic amines) is 2. The summed E-state index contributed by atoms with van der Waals surface area (Å²) in [5.41, 5.74) is -1.13. The molecule has 1 atom stereocenters. The molecular weight excluding hydrogens is 312 g/mol. The van der Waals surface area contributed by atoms with Crippen LogP contribution >= 0.6 is 0 Å². The lowest BCUT2D eigenvalue weighted by Gasteiger charge is -2.46. The van der Waals surface area contributed by atoms with Crippen LogP contribution in [0.15, 0.2) is 0 Å². The Balaban J connectivity index is 2.03. The van der Waals surface area contributed by atoms with E-state index in [0.29, 0.717) is 26.1 Å². The summed E-state index contributed by atoms with van der Waals surface area (Å²) in [6.45, 7) is 10.4. The third kappa shape index (κ3) is 3.35. The van der Waals surface area contributed by atoms with Crippen molar-refractivity contribution in [1.29, 1.82) is 0 Å². The fourth-order valence-electron chi connectivity index (χ4n) is 3.43. The first kappa shape index (κ1) is 18.5. The van der Waals surface area contributed by atoms with Crippen molar-refractivity contribution in [1.82, 2.24) is 9.80 Å². The van der Waals surface area contributed by atoms with Gasteiger partial charge in [-0.3, -0.25) is 4.79 Å². The highest BCUT2D eigenvalue weighted by atomic mass is 16.6. The maximum atomic E-state index is 12.9. The van der Waals surface area contributed by atoms with Crippen LogP contribution < -0.4 is 0 Å². The van der Waals surface area contributed by atoms with Gasteiger partial charge in [-0.2, -0.15) is 0 Å². The number of carbonyl (C=O) groups excluding carboxylic acids is 3. The zero-order chi connectivity index (χ0) is 18.3. The summed E-state index contributed by atoms with van der Waals surface area (Å²) in [4.78, 5) is 40.1. The summed E-state index contributed by atoms with van der Waals surface area (Å²) < 4.78 is 10.2. The smallest absolute Gasteiger partial charge is 0.410 e. The Kier molecular flexibility index (Phi) is 4.84. The molecule has 0 aromatic heterocycles. The van der Waals surface area contributed by atoms with Crippen LogP contribution in [0.25, 0.3) is 0 Å². The van der Waals surface area contributed by atoms with Crippen LogP contribution in [0.1, 0.15) is 41.0 Å². The van der Waals surface area contributed by atoms with E-state index >= 15 is 0 Å². The first-order valence-electron chi connectivity index (χ1n) is 8.37. The van der Waals surface area contributed by atoms with Crippen LogP contribution in [0.4, 0.5) is 4.79 Å². The van der Waals surface area contributed by atoms with Crippen LogP contribution in [0.5, 0.6) is 0 Å². The quantitative estimate of drug-likeness (QED) is 0.730. The lowest BCUT2D eigenvalue weighted by Crippen LogP contribution is -2.63. The van der Waals surface area contributed by atoms with Gasteiger partial charge in [-0.05, 0) is 33.1 Å². The van der Waals surface area contributed by atoms with Gasteiger partial charge in [0.1, 0.15) is 11.6 Å². The fraction of sp³-hybridized carbons (Fsp3) is 0.824. The van der Waals surface area contributed by atoms with E-state index in [-0.39, 0.29) is 11.8 Å². The molecule has 0 N–H and O–H groups in total. The first-order valence-corrected chi connectivity index (χ1v) is 8.37. The van der Waals surface area contributed by atoms with Crippen molar-refractivity contribution in [3.63, 3.8) is 0 Å². The number of esters is 1. The van der Waals surface area contributed by atoms with Crippen LogP contribution in [0.2, 0.25) is 0 Å². The van der Waals surface area contributed by atoms with Crippen molar-refractivity contribution in [3.8, 4) is 0 Å². The molecule has 0 unspecified atom stereocenters. The maximum Gasteiger partial charge on any atom is 0.410 e. The molecule has 0 aromatic carbocycles. The van der Waals surface area contributed by atoms with Crippen molar-refractivity contribution in [2.24, 2.45) is 11.3 Å². The molecule has 7 nitrogen and oxygen atoms in total. The lowest BCUT2D eigenvalue weighted by molar-refractivity contribution is -0.158. The number of nitrogens with zero attached hydrogens (tertiary/aromatic N) is 2. The van der Waals surface area contributed by atoms with E-state index in [2.05, 4.69) is 0 Å². The molecule has 1 spiro atoms. The Bertz CT molecular complexity index is 532. The Morgan fingerprint density at radius 2 is 1.79 bits per heavy atom. The summed E-state index contributed by atoms with van der Waals surface area (Å²) >= 11 is 0. The normalized spacial score (nSPS) is 21.0. The number of hydrogen-bond donors (Lipinski definition) is 0. The topological polar surface area (TPSA) is 76.2 Å². The zero-order valence-corrected chi connectivity index (χ0v) is 15.4. The summed E-state index contributed by atoms with van der Waals surface area (Å²) in [6, 6.07) is -0.572. The van der Waals surface area contributed by atoms with Crippen LogP contribution in [0, 0.1) is 11.3 Å². The van der Waals surface area contributed by atoms with Gasteiger partial charge < -0.3 is 19.3 Å². The second-order valence-corrected chi connectivity index (χ2v) is 8.08. The Labute approximate surface area is 143 Å². The predicted octanol–water partition coefficient (Wildman–Crippen LogP) is 1.65. The van der Waals surface area contributed by atoms with Gasteiger partial charge in [-0.1, -0.05) is 13.8 Å². The molecule has 7 heteroatoms. The highest BCUT2D eigenvalue weighted by molar-refractivity contribution is 5.92. The molecule has 2 fully saturated rings. The van der Waals surface area contributed by atoms with E-state index in [9.17, 15) is 14.4 Å². The SMILES string of the molecule is COC(=O)[C@H](C(C)C)N1CCC2(CN(C(=O)OC(C)(C)C)C2)C1=O. The summed E-state index contributed by atoms with van der Waals surface area (Å²) in [7, 11) is 1.33. The molecule has 136 valence electrons. The zero-order valence-electron chi connectivity index (χ0n) is 15.4. The van der Waals surface area contributed by atoms with Gasteiger partial charge in [0.15, 0.2) is 0 Å². The Morgan fingerprint density at radius 3 is 2.25 bits per heavy atom. The molecule has 2 aliphatic rings. The standard InChI is InChI=1S/C17H28N2O5/c1-11(2)12(13(20)23-6)19-8-7-17(14(19)21)9-18(10-17)15(22)24-16(3,4)5/h11-12H,7-10H2,1-6H3/t12-/m0/s1. The van der Waals surface area contributed by atoms with Gasteiger partial charge >= 0.3 is 12.1 Å². The second kappa shape index (κ2) is 6.26. The van der Waals surface area contributed by atoms with Gasteiger partial charge in [-0.25, -0.2) is 9.59 Å². The van der Waals surface area contributed by atoms with Crippen molar-refractivity contribution in [2.45, 2.75) is 52.7 Å². The maximum absolute atomic E-state index is 12.9. The molecule has 0 aliphatic carbocycles. The summed E-state index contributed by atoms with van der Waals surface area (Å²) in [5, 5.41) is 0. The van der Waals surface area contributed by atoms with E-state index in [1.165, 1.54) is 7.11 Å². The van der Waals surface area contributed by atoms with Gasteiger partial charge in [0.2, 0.25) is 5.91 Å². The van der Waals surface area contributed by atoms with Crippen molar-refractivity contribution in [3.05, 3.63) is 0 Å². The molecule has 2 aliphatic heterocycles. The number of rotatable bonds is 3. The van der Waals surface area contributed by atoms with Crippen LogP contribution in [-0.4, -0.2) is 66.2 Å². The minimum absolute atomic E-state index is 0.0291. The number of carbonyl (C=O) groups is 3. The van der Waals surface area contributed by atoms with Crippen LogP contribution in [-0.2, 0) is 19.1 Å². The third-order valence-electron chi connectivity index (χ3n) is 4.59. The Hall–Kier alpha value is -1.79. The number of hydrogen-bond acceptors (Lipinski definition) is 5. The number of amides is 2. The molecule has 2 heterocycles. The van der Waals surface area contributed by atoms with E-state index in [1.54, 1.807) is 9.80 Å². The summed E-state index contributed by atoms with van der Waals surface area (Å²) in [6.07, 6.45) is 0.249. The van der Waals surface area contributed by atoms with Gasteiger partial charge in [-0.15, -0.1) is 0 Å². The van der Waals surface area contributed by atoms with Crippen molar-refractivity contribution >= 4 is 18.0 Å². The summed E-state index contributed by atoms with van der Waals surface area (Å²) in [5.74, 6) is -0.483. The van der Waals surface area contributed by atoms with Gasteiger partial charge in [0.25, 0.3) is 0 Å². The molecule has 0 saturated carbocycles. The first-order chi connectivity index (χ1) is 11.0. The Morgan fingerprint density at radius 1 is 1.21 bits per heavy atom. The number of ether oxygens (including phenoxy) is 2. The van der Waals surface area contributed by atoms with Gasteiger partial charge in [0.05, 0.1) is 12.5 Å². The van der Waals surface area contributed by atoms with E-state index in [0.717, 1.165) is 0 Å².